The van der Waals surface area contributed by atoms with Gasteiger partial charge in [-0.1, -0.05) is 62.4 Å². The third-order valence-corrected chi connectivity index (χ3v) is 7.82. The van der Waals surface area contributed by atoms with Crippen molar-refractivity contribution in [2.45, 2.75) is 38.6 Å². The molecule has 7 nitrogen and oxygen atoms in total. The van der Waals surface area contributed by atoms with Crippen LogP contribution in [0.2, 0.25) is 0 Å². The largest absolute Gasteiger partial charge is 0.452 e. The van der Waals surface area contributed by atoms with E-state index in [1.807, 2.05) is 49.4 Å². The molecule has 0 radical (unpaired) electrons. The summed E-state index contributed by atoms with van der Waals surface area (Å²) in [5, 5.41) is 4.97. The number of hydrogen-bond acceptors (Lipinski definition) is 5. The van der Waals surface area contributed by atoms with E-state index >= 15 is 0 Å². The molecule has 0 spiro atoms. The third-order valence-electron chi connectivity index (χ3n) is 5.77. The van der Waals surface area contributed by atoms with E-state index in [9.17, 15) is 18.0 Å². The average molecular weight is 483 g/mol. The molecule has 0 aliphatic rings. The zero-order valence-corrected chi connectivity index (χ0v) is 20.7. The van der Waals surface area contributed by atoms with E-state index in [1.165, 1.54) is 16.4 Å². The van der Waals surface area contributed by atoms with Crippen molar-refractivity contribution in [3.05, 3.63) is 77.4 Å². The van der Waals surface area contributed by atoms with Crippen molar-refractivity contribution in [1.82, 2.24) is 9.62 Å². The third kappa shape index (κ3) is 5.46. The first kappa shape index (κ1) is 25.4. The minimum Gasteiger partial charge on any atom is -0.452 e. The van der Waals surface area contributed by atoms with Crippen LogP contribution in [-0.2, 0) is 19.6 Å². The van der Waals surface area contributed by atoms with E-state index in [-0.39, 0.29) is 16.5 Å². The Kier molecular flexibility index (Phi) is 8.06. The molecular formula is C26H30N2O5S. The van der Waals surface area contributed by atoms with Crippen LogP contribution in [0.15, 0.2) is 65.6 Å². The lowest BCUT2D eigenvalue weighted by molar-refractivity contribution is -0.124. The number of sulfonamides is 1. The zero-order valence-electron chi connectivity index (χ0n) is 19.9. The molecule has 0 fully saturated rings. The summed E-state index contributed by atoms with van der Waals surface area (Å²) in [6, 6.07) is 17.8. The molecule has 180 valence electrons. The molecule has 3 rings (SSSR count). The maximum atomic E-state index is 12.8. The summed E-state index contributed by atoms with van der Waals surface area (Å²) in [7, 11) is -3.72. The van der Waals surface area contributed by atoms with Crippen molar-refractivity contribution in [2.75, 3.05) is 19.7 Å². The summed E-state index contributed by atoms with van der Waals surface area (Å²) < 4.78 is 32.1. The number of nitrogens with zero attached hydrogens (tertiary/aromatic N) is 1. The van der Waals surface area contributed by atoms with Gasteiger partial charge in [0.2, 0.25) is 10.0 Å². The fraction of sp³-hybridized carbons (Fsp3) is 0.308. The quantitative estimate of drug-likeness (QED) is 0.461. The van der Waals surface area contributed by atoms with Crippen LogP contribution in [0.4, 0.5) is 0 Å². The monoisotopic (exact) mass is 482 g/mol. The summed E-state index contributed by atoms with van der Waals surface area (Å²) in [5.41, 5.74) is 1.64. The van der Waals surface area contributed by atoms with Crippen molar-refractivity contribution < 1.29 is 22.7 Å². The summed E-state index contributed by atoms with van der Waals surface area (Å²) in [6.45, 7) is 7.23. The number of carbonyl (C=O) groups excluding carboxylic acids is 2. The first-order valence-corrected chi connectivity index (χ1v) is 12.7. The summed E-state index contributed by atoms with van der Waals surface area (Å²) in [5.74, 6) is -1.19. The molecule has 1 amide bonds. The van der Waals surface area contributed by atoms with Crippen LogP contribution in [0.25, 0.3) is 10.8 Å². The van der Waals surface area contributed by atoms with Gasteiger partial charge >= 0.3 is 5.97 Å². The summed E-state index contributed by atoms with van der Waals surface area (Å²) in [6.07, 6.45) is 0. The Balaban J connectivity index is 1.69. The highest BCUT2D eigenvalue weighted by Crippen LogP contribution is 2.24. The fourth-order valence-electron chi connectivity index (χ4n) is 3.89. The van der Waals surface area contributed by atoms with E-state index in [0.717, 1.165) is 16.3 Å². The fourth-order valence-corrected chi connectivity index (χ4v) is 5.38. The molecule has 0 aliphatic carbocycles. The molecule has 34 heavy (non-hydrogen) atoms. The number of carbonyl (C=O) groups is 2. The van der Waals surface area contributed by atoms with Crippen molar-refractivity contribution in [2.24, 2.45) is 0 Å². The number of aryl methyl sites for hydroxylation is 1. The van der Waals surface area contributed by atoms with Gasteiger partial charge in [-0.3, -0.25) is 4.79 Å². The highest BCUT2D eigenvalue weighted by molar-refractivity contribution is 7.89. The molecule has 3 aromatic rings. The van der Waals surface area contributed by atoms with Crippen LogP contribution in [0.3, 0.4) is 0 Å². The second-order valence-electron chi connectivity index (χ2n) is 8.00. The Hall–Kier alpha value is -3.23. The van der Waals surface area contributed by atoms with E-state index < -0.39 is 28.5 Å². The Morgan fingerprint density at radius 1 is 1.00 bits per heavy atom. The lowest BCUT2D eigenvalue weighted by Crippen LogP contribution is -2.31. The second kappa shape index (κ2) is 10.8. The molecule has 0 aromatic heterocycles. The van der Waals surface area contributed by atoms with E-state index in [1.54, 1.807) is 26.8 Å². The predicted octanol–water partition coefficient (Wildman–Crippen LogP) is 4.21. The normalized spacial score (nSPS) is 12.5. The van der Waals surface area contributed by atoms with Crippen LogP contribution in [0.1, 0.15) is 48.3 Å². The van der Waals surface area contributed by atoms with Gasteiger partial charge in [0.05, 0.1) is 16.5 Å². The number of amides is 1. The smallest absolute Gasteiger partial charge is 0.338 e. The maximum absolute atomic E-state index is 12.8. The van der Waals surface area contributed by atoms with Gasteiger partial charge in [0.15, 0.2) is 6.61 Å². The van der Waals surface area contributed by atoms with Gasteiger partial charge in [-0.25, -0.2) is 13.2 Å². The van der Waals surface area contributed by atoms with Gasteiger partial charge in [-0.05, 0) is 47.9 Å². The Labute approximate surface area is 200 Å². The average Bonchev–Trinajstić information content (AvgIpc) is 2.82. The van der Waals surface area contributed by atoms with Gasteiger partial charge in [0.1, 0.15) is 0 Å². The van der Waals surface area contributed by atoms with E-state index in [4.69, 9.17) is 4.74 Å². The number of esters is 1. The molecule has 3 aromatic carbocycles. The van der Waals surface area contributed by atoms with Crippen LogP contribution in [0.5, 0.6) is 0 Å². The number of benzene rings is 3. The Bertz CT molecular complexity index is 1290. The predicted molar refractivity (Wildman–Crippen MR) is 132 cm³/mol. The lowest BCUT2D eigenvalue weighted by Gasteiger charge is -2.19. The number of hydrogen-bond donors (Lipinski definition) is 1. The number of nitrogens with one attached hydrogen (secondary N) is 1. The zero-order chi connectivity index (χ0) is 24.9. The molecule has 1 N–H and O–H groups in total. The number of ether oxygens (including phenoxy) is 1. The van der Waals surface area contributed by atoms with Crippen LogP contribution in [0, 0.1) is 6.92 Å². The Morgan fingerprint density at radius 3 is 2.38 bits per heavy atom. The first-order chi connectivity index (χ1) is 16.2. The molecule has 1 unspecified atom stereocenters. The van der Waals surface area contributed by atoms with Crippen LogP contribution in [-0.4, -0.2) is 44.3 Å². The molecular weight excluding hydrogens is 452 g/mol. The van der Waals surface area contributed by atoms with Gasteiger partial charge in [-0.2, -0.15) is 4.31 Å². The second-order valence-corrected chi connectivity index (χ2v) is 9.94. The molecule has 0 bridgehead atoms. The minimum absolute atomic E-state index is 0.0165. The Morgan fingerprint density at radius 2 is 1.68 bits per heavy atom. The van der Waals surface area contributed by atoms with Crippen molar-refractivity contribution in [1.29, 1.82) is 0 Å². The SMILES string of the molecule is CCN(CC)S(=O)(=O)c1ccc(C)c(C(=O)OCC(=O)NC(C)c2cccc3ccccc23)c1. The van der Waals surface area contributed by atoms with Gasteiger partial charge in [0, 0.05) is 13.1 Å². The van der Waals surface area contributed by atoms with Crippen LogP contribution >= 0.6 is 0 Å². The topological polar surface area (TPSA) is 92.8 Å². The highest BCUT2D eigenvalue weighted by Gasteiger charge is 2.24. The van der Waals surface area contributed by atoms with Crippen LogP contribution < -0.4 is 5.32 Å². The van der Waals surface area contributed by atoms with Gasteiger partial charge in [0.25, 0.3) is 5.91 Å². The molecule has 0 aliphatic heterocycles. The van der Waals surface area contributed by atoms with Crippen molar-refractivity contribution in [3.63, 3.8) is 0 Å². The number of rotatable bonds is 9. The maximum Gasteiger partial charge on any atom is 0.338 e. The van der Waals surface area contributed by atoms with Gasteiger partial charge < -0.3 is 10.1 Å². The molecule has 0 saturated heterocycles. The summed E-state index contributed by atoms with van der Waals surface area (Å²) >= 11 is 0. The molecule has 8 heteroatoms. The molecule has 0 saturated carbocycles. The highest BCUT2D eigenvalue weighted by atomic mass is 32.2. The molecule has 1 atom stereocenters. The van der Waals surface area contributed by atoms with Gasteiger partial charge in [-0.15, -0.1) is 0 Å². The van der Waals surface area contributed by atoms with E-state index in [2.05, 4.69) is 5.32 Å². The summed E-state index contributed by atoms with van der Waals surface area (Å²) in [4.78, 5) is 25.2. The van der Waals surface area contributed by atoms with E-state index in [0.29, 0.717) is 18.7 Å². The lowest BCUT2D eigenvalue weighted by atomic mass is 10.00. The number of fused-ring (bicyclic) bond motifs is 1. The standard InChI is InChI=1S/C26H30N2O5S/c1-5-28(6-2)34(31,32)21-15-14-18(3)24(16-21)26(30)33-17-25(29)27-19(4)22-13-9-11-20-10-7-8-12-23(20)22/h7-16,19H,5-6,17H2,1-4H3,(H,27,29). The molecule has 0 heterocycles. The van der Waals surface area contributed by atoms with Crippen molar-refractivity contribution >= 4 is 32.7 Å². The van der Waals surface area contributed by atoms with Crippen molar-refractivity contribution in [3.8, 4) is 0 Å². The first-order valence-electron chi connectivity index (χ1n) is 11.2. The minimum atomic E-state index is -3.72.